The maximum absolute atomic E-state index is 11.3. The zero-order valence-corrected chi connectivity index (χ0v) is 12.1. The van der Waals surface area contributed by atoms with Crippen LogP contribution in [0.15, 0.2) is 26.0 Å². The first-order valence-corrected chi connectivity index (χ1v) is 6.80. The predicted octanol–water partition coefficient (Wildman–Crippen LogP) is 3.24. The lowest BCUT2D eigenvalue weighted by Gasteiger charge is -2.03. The Morgan fingerprint density at radius 2 is 2.00 bits per heavy atom. The first kappa shape index (κ1) is 12.7. The summed E-state index contributed by atoms with van der Waals surface area (Å²) in [4.78, 5) is 22.6. The Bertz CT molecular complexity index is 557. The van der Waals surface area contributed by atoms with Crippen molar-refractivity contribution in [2.45, 2.75) is 0 Å². The van der Waals surface area contributed by atoms with Crippen molar-refractivity contribution in [1.29, 1.82) is 0 Å². The minimum absolute atomic E-state index is 0.0217. The highest BCUT2D eigenvalue weighted by Gasteiger charge is 2.25. The number of carbonyl (C=O) groups excluding carboxylic acids is 2. The summed E-state index contributed by atoms with van der Waals surface area (Å²) in [5.74, 6) is -0.427. The highest BCUT2D eigenvalue weighted by atomic mass is 79.9. The number of phenols is 1. The Kier molecular flexibility index (Phi) is 3.60. The van der Waals surface area contributed by atoms with Crippen LogP contribution in [0.25, 0.3) is 6.08 Å². The first-order chi connectivity index (χ1) is 7.97. The van der Waals surface area contributed by atoms with E-state index >= 15 is 0 Å². The largest absolute Gasteiger partial charge is 0.506 e. The van der Waals surface area contributed by atoms with Gasteiger partial charge in [-0.25, -0.2) is 0 Å². The zero-order valence-electron chi connectivity index (χ0n) is 8.16. The van der Waals surface area contributed by atoms with Gasteiger partial charge in [-0.05, 0) is 45.9 Å². The Labute approximate surface area is 118 Å². The number of imide groups is 1. The molecular weight excluding hydrogens is 374 g/mol. The van der Waals surface area contributed by atoms with Crippen LogP contribution in [0.4, 0.5) is 4.79 Å². The van der Waals surface area contributed by atoms with Crippen LogP contribution >= 0.6 is 43.6 Å². The third-order valence-corrected chi connectivity index (χ3v) is 3.86. The van der Waals surface area contributed by atoms with Crippen LogP contribution in [0.5, 0.6) is 5.75 Å². The van der Waals surface area contributed by atoms with Crippen molar-refractivity contribution in [3.63, 3.8) is 0 Å². The van der Waals surface area contributed by atoms with Gasteiger partial charge in [0.05, 0.1) is 9.38 Å². The van der Waals surface area contributed by atoms with Gasteiger partial charge >= 0.3 is 0 Å². The minimum Gasteiger partial charge on any atom is -0.506 e. The van der Waals surface area contributed by atoms with Gasteiger partial charge in [0.2, 0.25) is 0 Å². The van der Waals surface area contributed by atoms with E-state index in [0.29, 0.717) is 10.0 Å². The molecule has 1 aliphatic heterocycles. The van der Waals surface area contributed by atoms with Crippen LogP contribution in [0, 0.1) is 0 Å². The van der Waals surface area contributed by atoms with Crippen LogP contribution in [0.3, 0.4) is 0 Å². The molecule has 2 N–H and O–H groups in total. The fourth-order valence-corrected chi connectivity index (χ4v) is 3.19. The summed E-state index contributed by atoms with van der Waals surface area (Å²) >= 11 is 7.28. The molecule has 2 amide bonds. The second-order valence-corrected chi connectivity index (χ2v) is 5.96. The number of aromatic hydroxyl groups is 1. The third kappa shape index (κ3) is 2.72. The van der Waals surface area contributed by atoms with Gasteiger partial charge in [-0.3, -0.25) is 14.9 Å². The molecule has 1 heterocycles. The molecule has 2 rings (SSSR count). The van der Waals surface area contributed by atoms with Crippen LogP contribution in [-0.2, 0) is 4.79 Å². The summed E-state index contributed by atoms with van der Waals surface area (Å²) in [5.41, 5.74) is 0.457. The Morgan fingerprint density at radius 1 is 1.29 bits per heavy atom. The summed E-state index contributed by atoms with van der Waals surface area (Å²) in [7, 11) is 0. The molecule has 0 bridgehead atoms. The average molecular weight is 379 g/mol. The molecule has 1 aliphatic rings. The highest BCUT2D eigenvalue weighted by Crippen LogP contribution is 2.35. The Morgan fingerprint density at radius 3 is 2.59 bits per heavy atom. The summed E-state index contributed by atoms with van der Waals surface area (Å²) < 4.78 is 1.26. The number of rotatable bonds is 1. The normalized spacial score (nSPS) is 17.6. The molecule has 1 saturated heterocycles. The van der Waals surface area contributed by atoms with E-state index in [1.165, 1.54) is 6.08 Å². The molecule has 88 valence electrons. The second-order valence-electron chi connectivity index (χ2n) is 3.18. The van der Waals surface area contributed by atoms with E-state index in [-0.39, 0.29) is 10.7 Å². The first-order valence-electron chi connectivity index (χ1n) is 4.40. The fraction of sp³-hybridized carbons (Fsp3) is 0. The maximum atomic E-state index is 11.3. The molecule has 0 unspecified atom stereocenters. The maximum Gasteiger partial charge on any atom is 0.290 e. The molecular formula is C10H5Br2NO3S. The number of thioether (sulfide) groups is 1. The lowest BCUT2D eigenvalue weighted by atomic mass is 10.2. The molecule has 4 nitrogen and oxygen atoms in total. The van der Waals surface area contributed by atoms with Gasteiger partial charge in [0.1, 0.15) is 5.75 Å². The summed E-state index contributed by atoms with van der Waals surface area (Å²) in [6, 6.07) is 3.34. The molecule has 0 saturated carbocycles. The zero-order chi connectivity index (χ0) is 12.6. The minimum atomic E-state index is -0.449. The standard InChI is InChI=1S/C10H5Br2NO3S/c11-5-1-4(8(14)6(12)3-5)2-7-9(15)13-10(16)17-7/h1-3,14H,(H,13,15,16)/b7-2-. The number of hydrogen-bond donors (Lipinski definition) is 2. The van der Waals surface area contributed by atoms with Crippen LogP contribution in [-0.4, -0.2) is 16.3 Å². The smallest absolute Gasteiger partial charge is 0.290 e. The number of benzene rings is 1. The molecule has 1 aromatic carbocycles. The van der Waals surface area contributed by atoms with E-state index in [4.69, 9.17) is 0 Å². The van der Waals surface area contributed by atoms with Crippen molar-refractivity contribution in [1.82, 2.24) is 5.32 Å². The van der Waals surface area contributed by atoms with Gasteiger partial charge in [0.25, 0.3) is 11.1 Å². The topological polar surface area (TPSA) is 66.4 Å². The molecule has 7 heteroatoms. The van der Waals surface area contributed by atoms with Gasteiger partial charge in [-0.1, -0.05) is 15.9 Å². The number of nitrogens with one attached hydrogen (secondary N) is 1. The van der Waals surface area contributed by atoms with E-state index in [0.717, 1.165) is 16.2 Å². The quantitative estimate of drug-likeness (QED) is 0.736. The summed E-state index contributed by atoms with van der Waals surface area (Å²) in [6.45, 7) is 0. The van der Waals surface area contributed by atoms with Crippen LogP contribution in [0.2, 0.25) is 0 Å². The Balaban J connectivity index is 2.46. The van der Waals surface area contributed by atoms with Crippen LogP contribution in [0.1, 0.15) is 5.56 Å². The van der Waals surface area contributed by atoms with Crippen molar-refractivity contribution in [2.24, 2.45) is 0 Å². The average Bonchev–Trinajstić information content (AvgIpc) is 2.53. The van der Waals surface area contributed by atoms with Gasteiger partial charge in [0.15, 0.2) is 0 Å². The van der Waals surface area contributed by atoms with E-state index in [1.807, 2.05) is 0 Å². The SMILES string of the molecule is O=C1NC(=O)/C(=C/c2cc(Br)cc(Br)c2O)S1. The monoisotopic (exact) mass is 377 g/mol. The van der Waals surface area contributed by atoms with E-state index < -0.39 is 11.1 Å². The predicted molar refractivity (Wildman–Crippen MR) is 72.6 cm³/mol. The summed E-state index contributed by atoms with van der Waals surface area (Å²) in [6.07, 6.45) is 1.47. The molecule has 0 spiro atoms. The lowest BCUT2D eigenvalue weighted by Crippen LogP contribution is -2.17. The summed E-state index contributed by atoms with van der Waals surface area (Å²) in [5, 5.41) is 11.5. The van der Waals surface area contributed by atoms with Crippen LogP contribution < -0.4 is 5.32 Å². The second kappa shape index (κ2) is 4.83. The number of halogens is 2. The molecule has 0 radical (unpaired) electrons. The molecule has 0 aromatic heterocycles. The third-order valence-electron chi connectivity index (χ3n) is 1.99. The van der Waals surface area contributed by atoms with Crippen molar-refractivity contribution < 1.29 is 14.7 Å². The van der Waals surface area contributed by atoms with Gasteiger partial charge in [-0.2, -0.15) is 0 Å². The fourth-order valence-electron chi connectivity index (χ4n) is 1.26. The van der Waals surface area contributed by atoms with E-state index in [2.05, 4.69) is 37.2 Å². The number of carbonyl (C=O) groups is 2. The molecule has 0 aliphatic carbocycles. The molecule has 0 atom stereocenters. The van der Waals surface area contributed by atoms with Gasteiger partial charge < -0.3 is 5.11 Å². The highest BCUT2D eigenvalue weighted by molar-refractivity contribution is 9.11. The van der Waals surface area contributed by atoms with Crippen molar-refractivity contribution >= 4 is 60.8 Å². The lowest BCUT2D eigenvalue weighted by molar-refractivity contribution is -0.115. The number of phenolic OH excluding ortho intramolecular Hbond substituents is 1. The van der Waals surface area contributed by atoms with Crippen molar-refractivity contribution in [3.8, 4) is 5.75 Å². The van der Waals surface area contributed by atoms with Crippen molar-refractivity contribution in [3.05, 3.63) is 31.5 Å². The van der Waals surface area contributed by atoms with Crippen molar-refractivity contribution in [2.75, 3.05) is 0 Å². The molecule has 1 fully saturated rings. The number of hydrogen-bond acceptors (Lipinski definition) is 4. The molecule has 1 aromatic rings. The molecule has 17 heavy (non-hydrogen) atoms. The van der Waals surface area contributed by atoms with Gasteiger partial charge in [0, 0.05) is 10.0 Å². The van der Waals surface area contributed by atoms with E-state index in [9.17, 15) is 14.7 Å². The van der Waals surface area contributed by atoms with Gasteiger partial charge in [-0.15, -0.1) is 0 Å². The van der Waals surface area contributed by atoms with E-state index in [1.54, 1.807) is 12.1 Å². The Hall–Kier alpha value is -0.790. The number of amides is 2.